The van der Waals surface area contributed by atoms with Gasteiger partial charge in [-0.2, -0.15) is 13.2 Å². The van der Waals surface area contributed by atoms with Gasteiger partial charge in [0.15, 0.2) is 0 Å². The Morgan fingerprint density at radius 3 is 2.45 bits per heavy atom. The van der Waals surface area contributed by atoms with Crippen molar-refractivity contribution in [2.24, 2.45) is 0 Å². The second-order valence-corrected chi connectivity index (χ2v) is 4.56. The number of benzene rings is 1. The van der Waals surface area contributed by atoms with Crippen LogP contribution in [0.4, 0.5) is 13.2 Å². The van der Waals surface area contributed by atoms with Gasteiger partial charge in [0, 0.05) is 17.4 Å². The largest absolute Gasteiger partial charge is 0.460 e. The summed E-state index contributed by atoms with van der Waals surface area (Å²) in [6.07, 6.45) is -4.54. The van der Waals surface area contributed by atoms with Crippen molar-refractivity contribution in [2.45, 2.75) is 26.6 Å². The predicted molar refractivity (Wildman–Crippen MR) is 73.6 cm³/mol. The van der Waals surface area contributed by atoms with Crippen LogP contribution in [-0.4, -0.2) is 22.9 Å². The third-order valence-electron chi connectivity index (χ3n) is 3.26. The van der Waals surface area contributed by atoms with Crippen LogP contribution < -0.4 is 0 Å². The van der Waals surface area contributed by atoms with E-state index in [1.54, 1.807) is 13.8 Å². The standard InChI is InChI=1S/C15H14F3NO3/c1-3-19-11-7-5-6-10(15(16,17)18)9(11)8-12(19)13(20)14(21)22-4-2/h5-8H,3-4H2,1-2H3. The number of aromatic nitrogens is 1. The van der Waals surface area contributed by atoms with Crippen molar-refractivity contribution in [3.8, 4) is 0 Å². The summed E-state index contributed by atoms with van der Waals surface area (Å²) < 4.78 is 45.2. The Hall–Kier alpha value is -2.31. The minimum absolute atomic E-state index is 0.0186. The molecule has 0 N–H and O–H groups in total. The fourth-order valence-corrected chi connectivity index (χ4v) is 2.36. The Morgan fingerprint density at radius 2 is 1.91 bits per heavy atom. The highest BCUT2D eigenvalue weighted by Crippen LogP contribution is 2.36. The number of aryl methyl sites for hydroxylation is 1. The Balaban J connectivity index is 2.67. The van der Waals surface area contributed by atoms with Crippen molar-refractivity contribution in [2.75, 3.05) is 6.61 Å². The number of carbonyl (C=O) groups excluding carboxylic acids is 2. The van der Waals surface area contributed by atoms with Crippen LogP contribution in [0.25, 0.3) is 10.9 Å². The molecule has 0 spiro atoms. The molecule has 2 aromatic rings. The number of esters is 1. The molecular weight excluding hydrogens is 299 g/mol. The summed E-state index contributed by atoms with van der Waals surface area (Å²) in [4.78, 5) is 23.6. The fraction of sp³-hybridized carbons (Fsp3) is 0.333. The van der Waals surface area contributed by atoms with E-state index in [1.807, 2.05) is 0 Å². The maximum atomic E-state index is 13.1. The molecule has 0 radical (unpaired) electrons. The van der Waals surface area contributed by atoms with Gasteiger partial charge in [-0.3, -0.25) is 4.79 Å². The van der Waals surface area contributed by atoms with Crippen LogP contribution in [0.15, 0.2) is 24.3 Å². The number of halogens is 3. The Morgan fingerprint density at radius 1 is 1.23 bits per heavy atom. The second kappa shape index (κ2) is 5.82. The molecule has 2 rings (SSSR count). The number of ketones is 1. The number of alkyl halides is 3. The van der Waals surface area contributed by atoms with Gasteiger partial charge in [0.1, 0.15) is 0 Å². The number of carbonyl (C=O) groups is 2. The molecular formula is C15H14F3NO3. The molecule has 0 fully saturated rings. The number of hydrogen-bond donors (Lipinski definition) is 0. The SMILES string of the molecule is CCOC(=O)C(=O)c1cc2c(C(F)(F)F)cccc2n1CC. The van der Waals surface area contributed by atoms with Gasteiger partial charge >= 0.3 is 12.1 Å². The van der Waals surface area contributed by atoms with Crippen molar-refractivity contribution in [3.05, 3.63) is 35.5 Å². The van der Waals surface area contributed by atoms with Crippen LogP contribution in [0.2, 0.25) is 0 Å². The lowest BCUT2D eigenvalue weighted by Gasteiger charge is -2.09. The molecule has 0 aliphatic carbocycles. The lowest BCUT2D eigenvalue weighted by molar-refractivity contribution is -0.137. The average Bonchev–Trinajstić information content (AvgIpc) is 2.83. The lowest BCUT2D eigenvalue weighted by Crippen LogP contribution is -2.20. The number of nitrogens with zero attached hydrogens (tertiary/aromatic N) is 1. The van der Waals surface area contributed by atoms with E-state index in [0.29, 0.717) is 0 Å². The lowest BCUT2D eigenvalue weighted by atomic mass is 10.1. The predicted octanol–water partition coefficient (Wildman–Crippen LogP) is 3.43. The first-order valence-electron chi connectivity index (χ1n) is 6.72. The highest BCUT2D eigenvalue weighted by molar-refractivity contribution is 6.40. The Bertz CT molecular complexity index is 731. The van der Waals surface area contributed by atoms with Gasteiger partial charge in [-0.1, -0.05) is 6.07 Å². The average molecular weight is 313 g/mol. The molecule has 0 aliphatic heterocycles. The van der Waals surface area contributed by atoms with Crippen LogP contribution in [0.1, 0.15) is 29.9 Å². The summed E-state index contributed by atoms with van der Waals surface area (Å²) in [7, 11) is 0. The van der Waals surface area contributed by atoms with E-state index in [4.69, 9.17) is 0 Å². The number of rotatable bonds is 4. The minimum atomic E-state index is -4.54. The van der Waals surface area contributed by atoms with Crippen molar-refractivity contribution in [1.29, 1.82) is 0 Å². The quantitative estimate of drug-likeness (QED) is 0.493. The maximum absolute atomic E-state index is 13.1. The van der Waals surface area contributed by atoms with Gasteiger partial charge in [0.25, 0.3) is 5.78 Å². The maximum Gasteiger partial charge on any atom is 0.417 e. The summed E-state index contributed by atoms with van der Waals surface area (Å²) in [5.41, 5.74) is -0.687. The third kappa shape index (κ3) is 2.70. The molecule has 0 unspecified atom stereocenters. The first-order chi connectivity index (χ1) is 10.3. The normalized spacial score (nSPS) is 11.7. The van der Waals surface area contributed by atoms with Crippen molar-refractivity contribution in [3.63, 3.8) is 0 Å². The van der Waals surface area contributed by atoms with E-state index in [1.165, 1.54) is 16.7 Å². The summed E-state index contributed by atoms with van der Waals surface area (Å²) >= 11 is 0. The molecule has 118 valence electrons. The van der Waals surface area contributed by atoms with E-state index in [2.05, 4.69) is 4.74 Å². The first kappa shape index (κ1) is 16.1. The van der Waals surface area contributed by atoms with Gasteiger partial charge in [0.2, 0.25) is 0 Å². The first-order valence-corrected chi connectivity index (χ1v) is 6.72. The molecule has 0 saturated carbocycles. The molecule has 7 heteroatoms. The molecule has 22 heavy (non-hydrogen) atoms. The molecule has 1 aromatic heterocycles. The van der Waals surface area contributed by atoms with Crippen LogP contribution in [0, 0.1) is 0 Å². The van der Waals surface area contributed by atoms with E-state index in [9.17, 15) is 22.8 Å². The Labute approximate surface area is 124 Å². The molecule has 0 aliphatic rings. The van der Waals surface area contributed by atoms with E-state index < -0.39 is 23.5 Å². The highest BCUT2D eigenvalue weighted by Gasteiger charge is 2.34. The summed E-state index contributed by atoms with van der Waals surface area (Å²) in [6, 6.07) is 4.80. The smallest absolute Gasteiger partial charge is 0.417 e. The van der Waals surface area contributed by atoms with Gasteiger partial charge in [0.05, 0.1) is 17.9 Å². The van der Waals surface area contributed by atoms with E-state index >= 15 is 0 Å². The van der Waals surface area contributed by atoms with Crippen LogP contribution in [0.5, 0.6) is 0 Å². The number of ether oxygens (including phenoxy) is 1. The van der Waals surface area contributed by atoms with Gasteiger partial charge in [-0.15, -0.1) is 0 Å². The molecule has 0 bridgehead atoms. The summed E-state index contributed by atoms with van der Waals surface area (Å²) in [5.74, 6) is -2.03. The minimum Gasteiger partial charge on any atom is -0.460 e. The second-order valence-electron chi connectivity index (χ2n) is 4.56. The number of Topliss-reactive ketones (excluding diaryl/α,β-unsaturated/α-hetero) is 1. The zero-order valence-corrected chi connectivity index (χ0v) is 12.0. The van der Waals surface area contributed by atoms with Crippen LogP contribution in [0.3, 0.4) is 0 Å². The monoisotopic (exact) mass is 313 g/mol. The van der Waals surface area contributed by atoms with Gasteiger partial charge in [-0.05, 0) is 32.0 Å². The molecule has 1 aromatic carbocycles. The van der Waals surface area contributed by atoms with Crippen LogP contribution >= 0.6 is 0 Å². The third-order valence-corrected chi connectivity index (χ3v) is 3.26. The van der Waals surface area contributed by atoms with E-state index in [0.717, 1.165) is 12.1 Å². The van der Waals surface area contributed by atoms with Gasteiger partial charge < -0.3 is 9.30 Å². The zero-order chi connectivity index (χ0) is 16.5. The topological polar surface area (TPSA) is 48.3 Å². The molecule has 4 nitrogen and oxygen atoms in total. The molecule has 1 heterocycles. The van der Waals surface area contributed by atoms with Gasteiger partial charge in [-0.25, -0.2) is 4.79 Å². The van der Waals surface area contributed by atoms with Crippen LogP contribution in [-0.2, 0) is 22.3 Å². The van der Waals surface area contributed by atoms with Crippen molar-refractivity contribution < 1.29 is 27.5 Å². The van der Waals surface area contributed by atoms with Crippen molar-refractivity contribution >= 4 is 22.7 Å². The number of hydrogen-bond acceptors (Lipinski definition) is 3. The fourth-order valence-electron chi connectivity index (χ4n) is 2.36. The molecule has 0 amide bonds. The Kier molecular flexibility index (Phi) is 4.25. The van der Waals surface area contributed by atoms with Crippen molar-refractivity contribution in [1.82, 2.24) is 4.57 Å². The number of fused-ring (bicyclic) bond motifs is 1. The van der Waals surface area contributed by atoms with E-state index in [-0.39, 0.29) is 29.7 Å². The summed E-state index contributed by atoms with van der Waals surface area (Å²) in [5, 5.41) is -0.107. The summed E-state index contributed by atoms with van der Waals surface area (Å²) in [6.45, 7) is 3.50. The highest BCUT2D eigenvalue weighted by atomic mass is 19.4. The molecule has 0 atom stereocenters. The zero-order valence-electron chi connectivity index (χ0n) is 12.0. The molecule has 0 saturated heterocycles.